The van der Waals surface area contributed by atoms with Crippen LogP contribution in [0.3, 0.4) is 0 Å². The number of thioether (sulfide) groups is 1. The van der Waals surface area contributed by atoms with Crippen LogP contribution in [0.5, 0.6) is 5.75 Å². The number of aromatic nitrogens is 5. The minimum Gasteiger partial charge on any atom is -0.481 e. The molecule has 0 aliphatic heterocycles. The van der Waals surface area contributed by atoms with Crippen LogP contribution in [0, 0.1) is 5.92 Å². The molecule has 0 saturated heterocycles. The van der Waals surface area contributed by atoms with Crippen LogP contribution in [0.4, 0.5) is 5.13 Å². The first-order valence-corrected chi connectivity index (χ1v) is 12.5. The fourth-order valence-corrected chi connectivity index (χ4v) is 4.53. The maximum absolute atomic E-state index is 12.4. The predicted octanol–water partition coefficient (Wildman–Crippen LogP) is 5.43. The molecule has 1 N–H and O–H groups in total. The van der Waals surface area contributed by atoms with Crippen molar-refractivity contribution in [1.29, 1.82) is 0 Å². The van der Waals surface area contributed by atoms with Gasteiger partial charge in [0, 0.05) is 12.5 Å². The van der Waals surface area contributed by atoms with Gasteiger partial charge in [-0.25, -0.2) is 0 Å². The Balaban J connectivity index is 1.68. The van der Waals surface area contributed by atoms with Gasteiger partial charge >= 0.3 is 0 Å². The molecule has 0 aliphatic rings. The number of benzene rings is 1. The van der Waals surface area contributed by atoms with E-state index in [1.165, 1.54) is 23.1 Å². The first-order chi connectivity index (χ1) is 15.2. The van der Waals surface area contributed by atoms with E-state index < -0.39 is 0 Å². The highest BCUT2D eigenvalue weighted by Gasteiger charge is 2.22. The number of nitrogens with one attached hydrogen (secondary N) is 1. The van der Waals surface area contributed by atoms with Crippen molar-refractivity contribution in [3.8, 4) is 5.75 Å². The molecule has 8 nitrogen and oxygen atoms in total. The molecule has 2 aromatic heterocycles. The van der Waals surface area contributed by atoms with Crippen molar-refractivity contribution in [2.75, 3.05) is 11.1 Å². The van der Waals surface area contributed by atoms with E-state index in [-0.39, 0.29) is 23.7 Å². The number of anilines is 1. The Morgan fingerprint density at radius 2 is 1.91 bits per heavy atom. The first kappa shape index (κ1) is 24.5. The monoisotopic (exact) mass is 494 g/mol. The molecule has 0 aliphatic carbocycles. The van der Waals surface area contributed by atoms with E-state index in [1.807, 2.05) is 43.5 Å². The molecule has 32 heavy (non-hydrogen) atoms. The second-order valence-electron chi connectivity index (χ2n) is 7.97. The maximum Gasteiger partial charge on any atom is 0.236 e. The highest BCUT2D eigenvalue weighted by atomic mass is 35.5. The molecule has 1 atom stereocenters. The number of carbonyl (C=O) groups excluding carboxylic acids is 1. The zero-order chi connectivity index (χ0) is 23.3. The Hall–Kier alpha value is -2.17. The summed E-state index contributed by atoms with van der Waals surface area (Å²) >= 11 is 8.95. The fourth-order valence-electron chi connectivity index (χ4n) is 2.83. The lowest BCUT2D eigenvalue weighted by Crippen LogP contribution is -2.17. The molecule has 0 spiro atoms. The second-order valence-corrected chi connectivity index (χ2v) is 10.3. The number of carbonyl (C=O) groups is 1. The predicted molar refractivity (Wildman–Crippen MR) is 129 cm³/mol. The zero-order valence-corrected chi connectivity index (χ0v) is 21.1. The summed E-state index contributed by atoms with van der Waals surface area (Å²) in [5.41, 5.74) is 0. The molecule has 3 aromatic rings. The number of nitrogens with zero attached hydrogens (tertiary/aromatic N) is 5. The van der Waals surface area contributed by atoms with Crippen LogP contribution in [0.15, 0.2) is 29.4 Å². The van der Waals surface area contributed by atoms with Crippen molar-refractivity contribution in [2.24, 2.45) is 5.92 Å². The van der Waals surface area contributed by atoms with E-state index in [4.69, 9.17) is 16.3 Å². The third kappa shape index (κ3) is 6.43. The van der Waals surface area contributed by atoms with Crippen LogP contribution < -0.4 is 10.1 Å². The van der Waals surface area contributed by atoms with Crippen molar-refractivity contribution in [3.63, 3.8) is 0 Å². The van der Waals surface area contributed by atoms with Gasteiger partial charge in [0.05, 0.1) is 10.8 Å². The first-order valence-electron chi connectivity index (χ1n) is 10.3. The SMILES string of the molecule is CC(C)Cn1c(SCC(=O)Nc2nnc(C(C)C)s2)nnc1C(C)Oc1ccccc1Cl. The van der Waals surface area contributed by atoms with Gasteiger partial charge < -0.3 is 9.30 Å². The number of hydrogen-bond donors (Lipinski definition) is 1. The number of hydrogen-bond acceptors (Lipinski definition) is 8. The lowest BCUT2D eigenvalue weighted by molar-refractivity contribution is -0.113. The number of para-hydroxylation sites is 1. The molecule has 1 amide bonds. The lowest BCUT2D eigenvalue weighted by Gasteiger charge is -2.18. The van der Waals surface area contributed by atoms with Crippen LogP contribution in [-0.2, 0) is 11.3 Å². The van der Waals surface area contributed by atoms with E-state index in [0.29, 0.717) is 39.3 Å². The number of ether oxygens (including phenoxy) is 1. The fraction of sp³-hybridized carbons (Fsp3) is 0.476. The summed E-state index contributed by atoms with van der Waals surface area (Å²) in [4.78, 5) is 12.4. The average Bonchev–Trinajstić information content (AvgIpc) is 3.35. The molecule has 0 radical (unpaired) electrons. The summed E-state index contributed by atoms with van der Waals surface area (Å²) in [7, 11) is 0. The van der Waals surface area contributed by atoms with E-state index in [1.54, 1.807) is 6.07 Å². The molecule has 11 heteroatoms. The highest BCUT2D eigenvalue weighted by Crippen LogP contribution is 2.30. The topological polar surface area (TPSA) is 94.8 Å². The Labute approximate surface area is 201 Å². The number of halogens is 1. The number of rotatable bonds is 10. The summed E-state index contributed by atoms with van der Waals surface area (Å²) in [5, 5.41) is 22.2. The standard InChI is InChI=1S/C21H27ClN6O2S2/c1-12(2)10-28-18(14(5)30-16-9-7-6-8-15(16)22)24-27-21(28)31-11-17(29)23-20-26-25-19(32-20)13(3)4/h6-9,12-14H,10-11H2,1-5H3,(H,23,26,29). The van der Waals surface area contributed by atoms with Crippen molar-refractivity contribution < 1.29 is 9.53 Å². The maximum atomic E-state index is 12.4. The van der Waals surface area contributed by atoms with Crippen LogP contribution in [0.25, 0.3) is 0 Å². The van der Waals surface area contributed by atoms with Crippen LogP contribution in [0.1, 0.15) is 57.5 Å². The summed E-state index contributed by atoms with van der Waals surface area (Å²) in [6.45, 7) is 10.9. The van der Waals surface area contributed by atoms with Gasteiger partial charge in [-0.1, -0.05) is 74.5 Å². The van der Waals surface area contributed by atoms with Crippen LogP contribution in [-0.4, -0.2) is 36.6 Å². The molecule has 0 bridgehead atoms. The smallest absolute Gasteiger partial charge is 0.236 e. The van der Waals surface area contributed by atoms with E-state index in [9.17, 15) is 4.79 Å². The molecule has 172 valence electrons. The summed E-state index contributed by atoms with van der Waals surface area (Å²) in [5.74, 6) is 1.94. The van der Waals surface area contributed by atoms with Crippen molar-refractivity contribution in [2.45, 2.75) is 58.3 Å². The lowest BCUT2D eigenvalue weighted by atomic mass is 10.2. The van der Waals surface area contributed by atoms with Crippen molar-refractivity contribution in [1.82, 2.24) is 25.0 Å². The molecule has 3 rings (SSSR count). The van der Waals surface area contributed by atoms with Gasteiger partial charge in [-0.05, 0) is 25.0 Å². The van der Waals surface area contributed by atoms with Gasteiger partial charge in [-0.3, -0.25) is 10.1 Å². The largest absolute Gasteiger partial charge is 0.481 e. The molecule has 1 unspecified atom stereocenters. The van der Waals surface area contributed by atoms with Gasteiger partial charge in [0.1, 0.15) is 10.8 Å². The van der Waals surface area contributed by atoms with Gasteiger partial charge in [0.15, 0.2) is 17.1 Å². The molecule has 1 aromatic carbocycles. The van der Waals surface area contributed by atoms with Crippen molar-refractivity contribution in [3.05, 3.63) is 40.1 Å². The minimum atomic E-state index is -0.361. The average molecular weight is 495 g/mol. The Bertz CT molecular complexity index is 1050. The van der Waals surface area contributed by atoms with E-state index >= 15 is 0 Å². The normalized spacial score (nSPS) is 12.4. The molecular formula is C21H27ClN6O2S2. The summed E-state index contributed by atoms with van der Waals surface area (Å²) < 4.78 is 8.04. The Kier molecular flexibility index (Phi) is 8.50. The highest BCUT2D eigenvalue weighted by molar-refractivity contribution is 7.99. The third-order valence-electron chi connectivity index (χ3n) is 4.31. The van der Waals surface area contributed by atoms with Crippen LogP contribution >= 0.6 is 34.7 Å². The Morgan fingerprint density at radius 3 is 2.56 bits per heavy atom. The van der Waals surface area contributed by atoms with Crippen molar-refractivity contribution >= 4 is 45.7 Å². The summed E-state index contributed by atoms with van der Waals surface area (Å²) in [6.07, 6.45) is -0.361. The number of amides is 1. The van der Waals surface area contributed by atoms with E-state index in [2.05, 4.69) is 39.6 Å². The third-order valence-corrected chi connectivity index (χ3v) is 6.73. The molecule has 0 fully saturated rings. The summed E-state index contributed by atoms with van der Waals surface area (Å²) in [6, 6.07) is 7.33. The quantitative estimate of drug-likeness (QED) is 0.375. The van der Waals surface area contributed by atoms with Gasteiger partial charge in [0.25, 0.3) is 0 Å². The van der Waals surface area contributed by atoms with Crippen LogP contribution in [0.2, 0.25) is 5.02 Å². The van der Waals surface area contributed by atoms with Gasteiger partial charge in [-0.15, -0.1) is 20.4 Å². The van der Waals surface area contributed by atoms with Gasteiger partial charge in [-0.2, -0.15) is 0 Å². The van der Waals surface area contributed by atoms with Gasteiger partial charge in [0.2, 0.25) is 11.0 Å². The second kappa shape index (κ2) is 11.1. The molecule has 2 heterocycles. The zero-order valence-electron chi connectivity index (χ0n) is 18.7. The Morgan fingerprint density at radius 1 is 1.16 bits per heavy atom. The molecular weight excluding hydrogens is 468 g/mol. The van der Waals surface area contributed by atoms with E-state index in [0.717, 1.165) is 5.01 Å². The minimum absolute atomic E-state index is 0.164. The molecule has 0 saturated carbocycles.